The Kier molecular flexibility index (Phi) is 4.74. The second kappa shape index (κ2) is 6.95. The summed E-state index contributed by atoms with van der Waals surface area (Å²) in [5, 5.41) is 2.86. The molecule has 1 fully saturated rings. The molecule has 6 heteroatoms. The van der Waals surface area contributed by atoms with Crippen molar-refractivity contribution in [3.63, 3.8) is 0 Å². The Balaban J connectivity index is 1.58. The van der Waals surface area contributed by atoms with Gasteiger partial charge in [0.05, 0.1) is 0 Å². The van der Waals surface area contributed by atoms with Crippen molar-refractivity contribution in [3.8, 4) is 0 Å². The Bertz CT molecular complexity index is 704. The molecular formula is C18H21FN4O. The number of piperidine rings is 1. The minimum absolute atomic E-state index is 0.0115. The normalized spacial score (nSPS) is 15.4. The quantitative estimate of drug-likeness (QED) is 0.941. The molecule has 2 heterocycles. The predicted octanol–water partition coefficient (Wildman–Crippen LogP) is 3.09. The molecule has 0 spiro atoms. The molecule has 1 aliphatic heterocycles. The lowest BCUT2D eigenvalue weighted by atomic mass is 9.96. The fourth-order valence-corrected chi connectivity index (χ4v) is 2.97. The number of hydrogen-bond acceptors (Lipinski definition) is 4. The molecule has 1 saturated heterocycles. The molecule has 5 nitrogen and oxygen atoms in total. The van der Waals surface area contributed by atoms with E-state index in [2.05, 4.69) is 20.2 Å². The number of benzene rings is 1. The minimum atomic E-state index is -0.310. The molecule has 0 unspecified atom stereocenters. The monoisotopic (exact) mass is 328 g/mol. The maximum absolute atomic E-state index is 12.9. The van der Waals surface area contributed by atoms with Crippen LogP contribution in [-0.2, 0) is 4.79 Å². The number of aromatic nitrogens is 2. The van der Waals surface area contributed by atoms with Crippen molar-refractivity contribution >= 4 is 17.5 Å². The average Bonchev–Trinajstić information content (AvgIpc) is 2.56. The van der Waals surface area contributed by atoms with Crippen LogP contribution in [0, 0.1) is 25.6 Å². The molecule has 1 amide bonds. The van der Waals surface area contributed by atoms with Crippen LogP contribution in [0.15, 0.2) is 30.3 Å². The highest BCUT2D eigenvalue weighted by Gasteiger charge is 2.26. The number of halogens is 1. The minimum Gasteiger partial charge on any atom is -0.341 e. The van der Waals surface area contributed by atoms with E-state index in [0.29, 0.717) is 5.69 Å². The third-order valence-corrected chi connectivity index (χ3v) is 4.23. The fraction of sp³-hybridized carbons (Fsp3) is 0.389. The molecule has 0 bridgehead atoms. The predicted molar refractivity (Wildman–Crippen MR) is 91.5 cm³/mol. The summed E-state index contributed by atoms with van der Waals surface area (Å²) in [5.41, 5.74) is 2.53. The first-order valence-electron chi connectivity index (χ1n) is 8.15. The van der Waals surface area contributed by atoms with E-state index in [1.54, 1.807) is 12.1 Å². The molecule has 0 atom stereocenters. The van der Waals surface area contributed by atoms with Gasteiger partial charge in [-0.15, -0.1) is 0 Å². The van der Waals surface area contributed by atoms with Crippen LogP contribution in [-0.4, -0.2) is 29.0 Å². The third kappa shape index (κ3) is 3.88. The first-order valence-corrected chi connectivity index (χ1v) is 8.15. The van der Waals surface area contributed by atoms with Crippen LogP contribution in [0.25, 0.3) is 0 Å². The number of nitrogens with one attached hydrogen (secondary N) is 1. The first-order chi connectivity index (χ1) is 11.5. The number of anilines is 2. The number of rotatable bonds is 3. The fourth-order valence-electron chi connectivity index (χ4n) is 2.97. The molecule has 24 heavy (non-hydrogen) atoms. The van der Waals surface area contributed by atoms with E-state index in [4.69, 9.17) is 0 Å². The van der Waals surface area contributed by atoms with E-state index >= 15 is 0 Å². The molecule has 0 aliphatic carbocycles. The standard InChI is InChI=1S/C18H21FN4O/c1-12-11-13(2)21-18(20-12)23-9-7-14(8-10-23)17(24)22-16-5-3-15(19)4-6-16/h3-6,11,14H,7-10H2,1-2H3,(H,22,24). The number of carbonyl (C=O) groups excluding carboxylic acids is 1. The Morgan fingerprint density at radius 2 is 1.71 bits per heavy atom. The summed E-state index contributed by atoms with van der Waals surface area (Å²) in [4.78, 5) is 23.4. The van der Waals surface area contributed by atoms with Gasteiger partial charge >= 0.3 is 0 Å². The lowest BCUT2D eigenvalue weighted by Gasteiger charge is -2.31. The zero-order valence-corrected chi connectivity index (χ0v) is 13.9. The first kappa shape index (κ1) is 16.4. The van der Waals surface area contributed by atoms with Gasteiger partial charge in [-0.1, -0.05) is 0 Å². The number of carbonyl (C=O) groups is 1. The van der Waals surface area contributed by atoms with Crippen molar-refractivity contribution in [1.29, 1.82) is 0 Å². The SMILES string of the molecule is Cc1cc(C)nc(N2CCC(C(=O)Nc3ccc(F)cc3)CC2)n1. The van der Waals surface area contributed by atoms with Gasteiger partial charge in [-0.2, -0.15) is 0 Å². The van der Waals surface area contributed by atoms with Crippen molar-refractivity contribution in [1.82, 2.24) is 9.97 Å². The summed E-state index contributed by atoms with van der Waals surface area (Å²) in [5.74, 6) is 0.374. The van der Waals surface area contributed by atoms with Crippen LogP contribution in [0.3, 0.4) is 0 Å². The maximum Gasteiger partial charge on any atom is 0.227 e. The zero-order valence-electron chi connectivity index (χ0n) is 13.9. The van der Waals surface area contributed by atoms with Gasteiger partial charge in [0, 0.05) is 36.1 Å². The van der Waals surface area contributed by atoms with Gasteiger partial charge in [-0.3, -0.25) is 4.79 Å². The summed E-state index contributed by atoms with van der Waals surface area (Å²) < 4.78 is 12.9. The van der Waals surface area contributed by atoms with Crippen molar-refractivity contribution in [2.24, 2.45) is 5.92 Å². The Morgan fingerprint density at radius 3 is 2.29 bits per heavy atom. The van der Waals surface area contributed by atoms with Gasteiger partial charge < -0.3 is 10.2 Å². The van der Waals surface area contributed by atoms with E-state index < -0.39 is 0 Å². The van der Waals surface area contributed by atoms with Gasteiger partial charge in [0.2, 0.25) is 11.9 Å². The van der Waals surface area contributed by atoms with Crippen LogP contribution >= 0.6 is 0 Å². The molecular weight excluding hydrogens is 307 g/mol. The highest BCUT2D eigenvalue weighted by Crippen LogP contribution is 2.22. The molecule has 1 aromatic heterocycles. The zero-order chi connectivity index (χ0) is 17.1. The van der Waals surface area contributed by atoms with Gasteiger partial charge in [0.25, 0.3) is 0 Å². The highest BCUT2D eigenvalue weighted by atomic mass is 19.1. The molecule has 1 N–H and O–H groups in total. The number of nitrogens with zero attached hydrogens (tertiary/aromatic N) is 3. The molecule has 1 aromatic carbocycles. The van der Waals surface area contributed by atoms with Crippen LogP contribution < -0.4 is 10.2 Å². The van der Waals surface area contributed by atoms with Gasteiger partial charge in [-0.25, -0.2) is 14.4 Å². The second-order valence-electron chi connectivity index (χ2n) is 6.21. The van der Waals surface area contributed by atoms with Gasteiger partial charge in [-0.05, 0) is 57.0 Å². The van der Waals surface area contributed by atoms with Crippen molar-refractivity contribution < 1.29 is 9.18 Å². The maximum atomic E-state index is 12.9. The lowest BCUT2D eigenvalue weighted by Crippen LogP contribution is -2.39. The topological polar surface area (TPSA) is 58.1 Å². The van der Waals surface area contributed by atoms with Gasteiger partial charge in [0.1, 0.15) is 5.82 Å². The number of amides is 1. The van der Waals surface area contributed by atoms with Gasteiger partial charge in [0.15, 0.2) is 0 Å². The molecule has 0 radical (unpaired) electrons. The molecule has 2 aromatic rings. The number of hydrogen-bond donors (Lipinski definition) is 1. The van der Waals surface area contributed by atoms with Crippen LogP contribution in [0.1, 0.15) is 24.2 Å². The summed E-state index contributed by atoms with van der Waals surface area (Å²) in [6.45, 7) is 5.43. The Morgan fingerprint density at radius 1 is 1.12 bits per heavy atom. The lowest BCUT2D eigenvalue weighted by molar-refractivity contribution is -0.120. The van der Waals surface area contributed by atoms with Crippen molar-refractivity contribution in [2.45, 2.75) is 26.7 Å². The summed E-state index contributed by atoms with van der Waals surface area (Å²) >= 11 is 0. The smallest absolute Gasteiger partial charge is 0.227 e. The van der Waals surface area contributed by atoms with E-state index in [1.165, 1.54) is 12.1 Å². The highest BCUT2D eigenvalue weighted by molar-refractivity contribution is 5.92. The van der Waals surface area contributed by atoms with Crippen LogP contribution in [0.4, 0.5) is 16.0 Å². The van der Waals surface area contributed by atoms with Crippen LogP contribution in [0.5, 0.6) is 0 Å². The third-order valence-electron chi connectivity index (χ3n) is 4.23. The van der Waals surface area contributed by atoms with Crippen molar-refractivity contribution in [3.05, 3.63) is 47.5 Å². The largest absolute Gasteiger partial charge is 0.341 e. The molecule has 3 rings (SSSR count). The molecule has 126 valence electrons. The number of aryl methyl sites for hydroxylation is 2. The average molecular weight is 328 g/mol. The second-order valence-corrected chi connectivity index (χ2v) is 6.21. The van der Waals surface area contributed by atoms with Crippen LogP contribution in [0.2, 0.25) is 0 Å². The molecule has 0 saturated carbocycles. The summed E-state index contributed by atoms with van der Waals surface area (Å²) in [7, 11) is 0. The summed E-state index contributed by atoms with van der Waals surface area (Å²) in [6.07, 6.45) is 1.51. The van der Waals surface area contributed by atoms with E-state index in [0.717, 1.165) is 43.3 Å². The van der Waals surface area contributed by atoms with E-state index in [9.17, 15) is 9.18 Å². The van der Waals surface area contributed by atoms with E-state index in [-0.39, 0.29) is 17.6 Å². The van der Waals surface area contributed by atoms with E-state index in [1.807, 2.05) is 19.9 Å². The van der Waals surface area contributed by atoms with Crippen molar-refractivity contribution in [2.75, 3.05) is 23.3 Å². The Labute approximate surface area is 140 Å². The summed E-state index contributed by atoms with van der Waals surface area (Å²) in [6, 6.07) is 7.79. The Hall–Kier alpha value is -2.50. The molecule has 1 aliphatic rings.